The summed E-state index contributed by atoms with van der Waals surface area (Å²) in [5.41, 5.74) is -0.0353. The van der Waals surface area contributed by atoms with Gasteiger partial charge in [0.05, 0.1) is 17.6 Å². The minimum atomic E-state index is -0.0353. The number of hydrogen-bond donors (Lipinski definition) is 0. The van der Waals surface area contributed by atoms with E-state index in [0.29, 0.717) is 6.10 Å². The minimum absolute atomic E-state index is 0.0353. The van der Waals surface area contributed by atoms with Gasteiger partial charge in [0.1, 0.15) is 0 Å². The Balaban J connectivity index is 1.61. The van der Waals surface area contributed by atoms with Crippen LogP contribution in [0.1, 0.15) is 110 Å². The van der Waals surface area contributed by atoms with Crippen LogP contribution in [-0.4, -0.2) is 12.7 Å². The molecule has 0 spiro atoms. The van der Waals surface area contributed by atoms with Crippen molar-refractivity contribution in [3.63, 3.8) is 0 Å². The van der Waals surface area contributed by atoms with Crippen LogP contribution >= 0.6 is 0 Å². The van der Waals surface area contributed by atoms with Crippen molar-refractivity contribution in [2.75, 3.05) is 6.61 Å². The molecule has 0 radical (unpaired) electrons. The second-order valence-corrected chi connectivity index (χ2v) is 8.91. The van der Waals surface area contributed by atoms with Crippen LogP contribution in [0.2, 0.25) is 0 Å². The van der Waals surface area contributed by atoms with E-state index in [2.05, 4.69) is 19.9 Å². The largest absolute Gasteiger partial charge is 0.378 e. The Morgan fingerprint density at radius 3 is 2.12 bits per heavy atom. The van der Waals surface area contributed by atoms with Crippen LogP contribution in [0.5, 0.6) is 0 Å². The van der Waals surface area contributed by atoms with Crippen molar-refractivity contribution in [3.05, 3.63) is 0 Å². The standard InChI is InChI=1S/C23H41NO/c1-3-5-7-15-23(19-24)16-13-22(14-17-23)25-18-21-11-9-20(10-12-21)8-6-4-2/h20-22H,3-18H2,1-2H3. The third-order valence-corrected chi connectivity index (χ3v) is 6.89. The molecule has 0 bridgehead atoms. The van der Waals surface area contributed by atoms with Crippen molar-refractivity contribution in [1.82, 2.24) is 0 Å². The maximum Gasteiger partial charge on any atom is 0.0689 e. The summed E-state index contributed by atoms with van der Waals surface area (Å²) < 4.78 is 6.29. The maximum absolute atomic E-state index is 9.66. The first-order chi connectivity index (χ1) is 12.2. The zero-order valence-electron chi connectivity index (χ0n) is 16.9. The van der Waals surface area contributed by atoms with Gasteiger partial charge in [-0.25, -0.2) is 0 Å². The molecule has 0 aromatic heterocycles. The van der Waals surface area contributed by atoms with Gasteiger partial charge < -0.3 is 4.74 Å². The molecule has 0 unspecified atom stereocenters. The fraction of sp³-hybridized carbons (Fsp3) is 0.957. The van der Waals surface area contributed by atoms with E-state index in [-0.39, 0.29) is 5.41 Å². The van der Waals surface area contributed by atoms with Gasteiger partial charge in [-0.3, -0.25) is 0 Å². The molecule has 2 nitrogen and oxygen atoms in total. The van der Waals surface area contributed by atoms with Crippen LogP contribution in [-0.2, 0) is 4.74 Å². The van der Waals surface area contributed by atoms with E-state index < -0.39 is 0 Å². The first-order valence-corrected chi connectivity index (χ1v) is 11.2. The highest BCUT2D eigenvalue weighted by Crippen LogP contribution is 2.41. The summed E-state index contributed by atoms with van der Waals surface area (Å²) >= 11 is 0. The summed E-state index contributed by atoms with van der Waals surface area (Å²) in [5, 5.41) is 9.66. The lowest BCUT2D eigenvalue weighted by Gasteiger charge is -2.36. The van der Waals surface area contributed by atoms with Gasteiger partial charge in [-0.15, -0.1) is 0 Å². The molecule has 2 aliphatic carbocycles. The number of nitriles is 1. The molecule has 2 saturated carbocycles. The van der Waals surface area contributed by atoms with Crippen molar-refractivity contribution in [1.29, 1.82) is 5.26 Å². The second kappa shape index (κ2) is 11.2. The molecule has 0 N–H and O–H groups in total. The predicted molar refractivity (Wildman–Crippen MR) is 105 cm³/mol. The van der Waals surface area contributed by atoms with Gasteiger partial charge in [0, 0.05) is 6.61 Å². The Morgan fingerprint density at radius 2 is 1.52 bits per heavy atom. The van der Waals surface area contributed by atoms with Crippen molar-refractivity contribution >= 4 is 0 Å². The molecule has 2 aliphatic rings. The van der Waals surface area contributed by atoms with Gasteiger partial charge in [-0.2, -0.15) is 5.26 Å². The van der Waals surface area contributed by atoms with E-state index in [1.54, 1.807) is 0 Å². The Labute approximate surface area is 156 Å². The fourth-order valence-electron chi connectivity index (χ4n) is 4.89. The van der Waals surface area contributed by atoms with Gasteiger partial charge in [-0.05, 0) is 56.8 Å². The fourth-order valence-corrected chi connectivity index (χ4v) is 4.89. The predicted octanol–water partition coefficient (Wildman–Crippen LogP) is 7.03. The van der Waals surface area contributed by atoms with Gasteiger partial charge in [0.15, 0.2) is 0 Å². The van der Waals surface area contributed by atoms with Crippen LogP contribution in [0, 0.1) is 28.6 Å². The lowest BCUT2D eigenvalue weighted by Crippen LogP contribution is -2.31. The molecule has 144 valence electrons. The van der Waals surface area contributed by atoms with Crippen molar-refractivity contribution in [3.8, 4) is 6.07 Å². The Bertz CT molecular complexity index is 383. The average molecular weight is 348 g/mol. The smallest absolute Gasteiger partial charge is 0.0689 e. The Hall–Kier alpha value is -0.550. The molecule has 25 heavy (non-hydrogen) atoms. The van der Waals surface area contributed by atoms with Crippen molar-refractivity contribution in [2.24, 2.45) is 17.3 Å². The zero-order valence-corrected chi connectivity index (χ0v) is 16.9. The normalized spacial score (nSPS) is 33.1. The third-order valence-electron chi connectivity index (χ3n) is 6.89. The summed E-state index contributed by atoms with van der Waals surface area (Å²) in [5.74, 6) is 1.79. The molecule has 0 aromatic carbocycles. The molecule has 2 heteroatoms. The van der Waals surface area contributed by atoms with Gasteiger partial charge in [-0.1, -0.05) is 65.2 Å². The SMILES string of the molecule is CCCCCC1(C#N)CCC(OCC2CCC(CCCC)CC2)CC1. The lowest BCUT2D eigenvalue weighted by atomic mass is 9.71. The molecule has 0 saturated heterocycles. The first-order valence-electron chi connectivity index (χ1n) is 11.2. The molecule has 0 aliphatic heterocycles. The van der Waals surface area contributed by atoms with E-state index in [1.807, 2.05) is 0 Å². The van der Waals surface area contributed by atoms with E-state index in [0.717, 1.165) is 50.5 Å². The number of nitrogens with zero attached hydrogens (tertiary/aromatic N) is 1. The summed E-state index contributed by atoms with van der Waals surface area (Å²) in [6.07, 6.45) is 19.4. The van der Waals surface area contributed by atoms with Gasteiger partial charge >= 0.3 is 0 Å². The Kier molecular flexibility index (Phi) is 9.32. The van der Waals surface area contributed by atoms with Crippen molar-refractivity contribution in [2.45, 2.75) is 116 Å². The highest BCUT2D eigenvalue weighted by molar-refractivity contribution is 5.01. The highest BCUT2D eigenvalue weighted by atomic mass is 16.5. The quantitative estimate of drug-likeness (QED) is 0.397. The van der Waals surface area contributed by atoms with Crippen LogP contribution in [0.25, 0.3) is 0 Å². The summed E-state index contributed by atoms with van der Waals surface area (Å²) in [7, 11) is 0. The van der Waals surface area contributed by atoms with E-state index in [4.69, 9.17) is 4.74 Å². The third kappa shape index (κ3) is 6.93. The highest BCUT2D eigenvalue weighted by Gasteiger charge is 2.35. The van der Waals surface area contributed by atoms with E-state index in [9.17, 15) is 5.26 Å². The monoisotopic (exact) mass is 347 g/mol. The number of ether oxygens (including phenoxy) is 1. The average Bonchev–Trinajstić information content (AvgIpc) is 2.67. The number of rotatable bonds is 10. The molecule has 0 atom stereocenters. The minimum Gasteiger partial charge on any atom is -0.378 e. The topological polar surface area (TPSA) is 33.0 Å². The molecular weight excluding hydrogens is 306 g/mol. The molecule has 2 fully saturated rings. The lowest BCUT2D eigenvalue weighted by molar-refractivity contribution is -0.0184. The molecule has 0 aromatic rings. The maximum atomic E-state index is 9.66. The first kappa shape index (κ1) is 20.8. The summed E-state index contributed by atoms with van der Waals surface area (Å²) in [4.78, 5) is 0. The van der Waals surface area contributed by atoms with E-state index >= 15 is 0 Å². The van der Waals surface area contributed by atoms with Crippen LogP contribution in [0.15, 0.2) is 0 Å². The van der Waals surface area contributed by atoms with Gasteiger partial charge in [0.25, 0.3) is 0 Å². The molecule has 2 rings (SSSR count). The van der Waals surface area contributed by atoms with Crippen LogP contribution in [0.3, 0.4) is 0 Å². The molecule has 0 heterocycles. The molecular formula is C23H41NO. The summed E-state index contributed by atoms with van der Waals surface area (Å²) in [6, 6.07) is 2.67. The van der Waals surface area contributed by atoms with Crippen LogP contribution < -0.4 is 0 Å². The number of hydrogen-bond acceptors (Lipinski definition) is 2. The molecule has 0 amide bonds. The number of unbranched alkanes of at least 4 members (excludes halogenated alkanes) is 3. The zero-order chi connectivity index (χ0) is 18.0. The summed E-state index contributed by atoms with van der Waals surface area (Å²) in [6.45, 7) is 5.51. The van der Waals surface area contributed by atoms with Crippen molar-refractivity contribution < 1.29 is 4.74 Å². The van der Waals surface area contributed by atoms with Gasteiger partial charge in [0.2, 0.25) is 0 Å². The van der Waals surface area contributed by atoms with E-state index in [1.165, 1.54) is 64.2 Å². The van der Waals surface area contributed by atoms with Crippen LogP contribution in [0.4, 0.5) is 0 Å². The second-order valence-electron chi connectivity index (χ2n) is 8.91. The Morgan fingerprint density at radius 1 is 0.880 bits per heavy atom.